The van der Waals surface area contributed by atoms with E-state index in [2.05, 4.69) is 15.4 Å². The predicted molar refractivity (Wildman–Crippen MR) is 71.5 cm³/mol. The van der Waals surface area contributed by atoms with E-state index in [-0.39, 0.29) is 6.04 Å². The molecule has 2 aromatic heterocycles. The first kappa shape index (κ1) is 11.5. The van der Waals surface area contributed by atoms with Gasteiger partial charge in [0.1, 0.15) is 5.52 Å². The number of nitrogens with zero attached hydrogens (tertiary/aromatic N) is 3. The highest BCUT2D eigenvalue weighted by molar-refractivity contribution is 5.67. The molecule has 0 spiro atoms. The normalized spacial score (nSPS) is 24.9. The number of hydrogen-bond acceptors (Lipinski definition) is 4. The highest BCUT2D eigenvalue weighted by Crippen LogP contribution is 2.21. The van der Waals surface area contributed by atoms with Gasteiger partial charge in [-0.1, -0.05) is 19.3 Å². The molecule has 1 saturated carbocycles. The van der Waals surface area contributed by atoms with E-state index in [4.69, 9.17) is 5.73 Å². The van der Waals surface area contributed by atoms with Crippen molar-refractivity contribution in [2.45, 2.75) is 44.2 Å². The fraction of sp³-hybridized carbons (Fsp3) is 0.538. The summed E-state index contributed by atoms with van der Waals surface area (Å²) in [4.78, 5) is 4.41. The topological polar surface area (TPSA) is 68.2 Å². The molecule has 5 heteroatoms. The van der Waals surface area contributed by atoms with Crippen LogP contribution in [0, 0.1) is 0 Å². The summed E-state index contributed by atoms with van der Waals surface area (Å²) in [5.41, 5.74) is 7.24. The molecule has 0 bridgehead atoms. The van der Waals surface area contributed by atoms with Crippen LogP contribution in [0.25, 0.3) is 5.52 Å². The second kappa shape index (κ2) is 4.94. The van der Waals surface area contributed by atoms with Gasteiger partial charge in [0.15, 0.2) is 5.82 Å². The van der Waals surface area contributed by atoms with Crippen LogP contribution in [0.5, 0.6) is 0 Å². The lowest BCUT2D eigenvalue weighted by Gasteiger charge is -2.23. The molecule has 1 aliphatic rings. The Morgan fingerprint density at radius 2 is 2.11 bits per heavy atom. The molecule has 3 N–H and O–H groups in total. The van der Waals surface area contributed by atoms with E-state index in [1.807, 2.05) is 16.8 Å². The first-order chi connectivity index (χ1) is 8.84. The third kappa shape index (κ3) is 2.18. The first-order valence-electron chi connectivity index (χ1n) is 6.65. The van der Waals surface area contributed by atoms with Gasteiger partial charge in [-0.2, -0.15) is 5.10 Å². The number of nitrogens with one attached hydrogen (secondary N) is 1. The average molecular weight is 245 g/mol. The Morgan fingerprint density at radius 1 is 1.22 bits per heavy atom. The summed E-state index contributed by atoms with van der Waals surface area (Å²) >= 11 is 0. The van der Waals surface area contributed by atoms with Crippen LogP contribution in [0.15, 0.2) is 24.7 Å². The zero-order valence-corrected chi connectivity index (χ0v) is 10.4. The monoisotopic (exact) mass is 245 g/mol. The van der Waals surface area contributed by atoms with Gasteiger partial charge in [-0.3, -0.25) is 0 Å². The number of anilines is 1. The lowest BCUT2D eigenvalue weighted by atomic mass is 10.0. The molecule has 2 aromatic rings. The summed E-state index contributed by atoms with van der Waals surface area (Å²) in [7, 11) is 0. The van der Waals surface area contributed by atoms with E-state index >= 15 is 0 Å². The second-order valence-corrected chi connectivity index (χ2v) is 4.99. The van der Waals surface area contributed by atoms with E-state index in [0.29, 0.717) is 6.04 Å². The van der Waals surface area contributed by atoms with Gasteiger partial charge in [-0.05, 0) is 18.9 Å². The fourth-order valence-corrected chi connectivity index (χ4v) is 2.66. The van der Waals surface area contributed by atoms with E-state index in [0.717, 1.165) is 24.2 Å². The SMILES string of the molecule is NC1CCCCCC1Nc1nccn2nccc12. The Kier molecular flexibility index (Phi) is 3.15. The van der Waals surface area contributed by atoms with E-state index in [1.165, 1.54) is 19.3 Å². The number of hydrogen-bond donors (Lipinski definition) is 2. The maximum absolute atomic E-state index is 6.23. The minimum Gasteiger partial charge on any atom is -0.364 e. The lowest BCUT2D eigenvalue weighted by molar-refractivity contribution is 0.527. The molecule has 0 amide bonds. The molecule has 2 atom stereocenters. The van der Waals surface area contributed by atoms with Crippen molar-refractivity contribution in [3.8, 4) is 0 Å². The smallest absolute Gasteiger partial charge is 0.152 e. The quantitative estimate of drug-likeness (QED) is 0.792. The molecular weight excluding hydrogens is 226 g/mol. The summed E-state index contributed by atoms with van der Waals surface area (Å²) < 4.78 is 1.83. The van der Waals surface area contributed by atoms with Crippen LogP contribution in [0.4, 0.5) is 5.82 Å². The van der Waals surface area contributed by atoms with Gasteiger partial charge in [-0.25, -0.2) is 9.50 Å². The number of aromatic nitrogens is 3. The molecule has 5 nitrogen and oxygen atoms in total. The molecule has 2 heterocycles. The number of nitrogens with two attached hydrogens (primary N) is 1. The molecule has 3 rings (SSSR count). The molecule has 0 aromatic carbocycles. The molecule has 1 aliphatic carbocycles. The predicted octanol–water partition coefficient (Wildman–Crippen LogP) is 1.80. The van der Waals surface area contributed by atoms with Gasteiger partial charge in [0.2, 0.25) is 0 Å². The van der Waals surface area contributed by atoms with E-state index < -0.39 is 0 Å². The minimum absolute atomic E-state index is 0.220. The average Bonchev–Trinajstić information content (AvgIpc) is 2.77. The number of fused-ring (bicyclic) bond motifs is 1. The standard InChI is InChI=1S/C13H19N5/c14-10-4-2-1-3-5-11(10)17-13-12-6-7-16-18(12)9-8-15-13/h6-11H,1-5,14H2,(H,15,17). The van der Waals surface area contributed by atoms with Crippen molar-refractivity contribution in [3.63, 3.8) is 0 Å². The van der Waals surface area contributed by atoms with Crippen molar-refractivity contribution in [1.82, 2.24) is 14.6 Å². The summed E-state index contributed by atoms with van der Waals surface area (Å²) in [6.45, 7) is 0. The summed E-state index contributed by atoms with van der Waals surface area (Å²) in [6.07, 6.45) is 11.4. The van der Waals surface area contributed by atoms with Crippen molar-refractivity contribution >= 4 is 11.3 Å². The van der Waals surface area contributed by atoms with Crippen LogP contribution in [-0.4, -0.2) is 26.7 Å². The molecule has 1 fully saturated rings. The van der Waals surface area contributed by atoms with E-state index in [9.17, 15) is 0 Å². The molecular formula is C13H19N5. The zero-order valence-electron chi connectivity index (χ0n) is 10.4. The zero-order chi connectivity index (χ0) is 12.4. The van der Waals surface area contributed by atoms with Crippen molar-refractivity contribution in [3.05, 3.63) is 24.7 Å². The van der Waals surface area contributed by atoms with Crippen LogP contribution < -0.4 is 11.1 Å². The molecule has 2 unspecified atom stereocenters. The molecule has 18 heavy (non-hydrogen) atoms. The van der Waals surface area contributed by atoms with Gasteiger partial charge in [0.05, 0.1) is 6.20 Å². The Morgan fingerprint density at radius 3 is 3.06 bits per heavy atom. The minimum atomic E-state index is 0.220. The molecule has 0 saturated heterocycles. The van der Waals surface area contributed by atoms with Crippen molar-refractivity contribution in [1.29, 1.82) is 0 Å². The van der Waals surface area contributed by atoms with Crippen LogP contribution in [0.3, 0.4) is 0 Å². The third-order valence-electron chi connectivity index (χ3n) is 3.72. The third-order valence-corrected chi connectivity index (χ3v) is 3.72. The van der Waals surface area contributed by atoms with Crippen LogP contribution in [0.2, 0.25) is 0 Å². The lowest BCUT2D eigenvalue weighted by Crippen LogP contribution is -2.39. The highest BCUT2D eigenvalue weighted by atomic mass is 15.2. The molecule has 0 radical (unpaired) electrons. The Hall–Kier alpha value is -1.62. The van der Waals surface area contributed by atoms with Crippen LogP contribution in [0.1, 0.15) is 32.1 Å². The first-order valence-corrected chi connectivity index (χ1v) is 6.65. The van der Waals surface area contributed by atoms with Crippen molar-refractivity contribution < 1.29 is 0 Å². The summed E-state index contributed by atoms with van der Waals surface area (Å²) in [5.74, 6) is 0.886. The van der Waals surface area contributed by atoms with Crippen LogP contribution in [-0.2, 0) is 0 Å². The maximum atomic E-state index is 6.23. The van der Waals surface area contributed by atoms with E-state index in [1.54, 1.807) is 12.4 Å². The van der Waals surface area contributed by atoms with Crippen molar-refractivity contribution in [2.75, 3.05) is 5.32 Å². The van der Waals surface area contributed by atoms with Gasteiger partial charge in [-0.15, -0.1) is 0 Å². The summed E-state index contributed by atoms with van der Waals surface area (Å²) in [5, 5.41) is 7.72. The van der Waals surface area contributed by atoms with Gasteiger partial charge >= 0.3 is 0 Å². The van der Waals surface area contributed by atoms with Crippen molar-refractivity contribution in [2.24, 2.45) is 5.73 Å². The van der Waals surface area contributed by atoms with Crippen LogP contribution >= 0.6 is 0 Å². The fourth-order valence-electron chi connectivity index (χ4n) is 2.66. The number of rotatable bonds is 2. The Labute approximate surface area is 106 Å². The van der Waals surface area contributed by atoms with Gasteiger partial charge in [0, 0.05) is 24.5 Å². The molecule has 0 aliphatic heterocycles. The maximum Gasteiger partial charge on any atom is 0.152 e. The Bertz CT molecular complexity index is 521. The summed E-state index contributed by atoms with van der Waals surface area (Å²) in [6, 6.07) is 2.51. The molecule has 96 valence electrons. The largest absolute Gasteiger partial charge is 0.364 e. The highest BCUT2D eigenvalue weighted by Gasteiger charge is 2.21. The van der Waals surface area contributed by atoms with Gasteiger partial charge in [0.25, 0.3) is 0 Å². The Balaban J connectivity index is 1.84. The van der Waals surface area contributed by atoms with Gasteiger partial charge < -0.3 is 11.1 Å². The second-order valence-electron chi connectivity index (χ2n) is 4.99.